The molecule has 0 saturated carbocycles. The third-order valence-corrected chi connectivity index (χ3v) is 2.16. The Morgan fingerprint density at radius 2 is 2.29 bits per heavy atom. The topological polar surface area (TPSA) is 70.3 Å². The Morgan fingerprint density at radius 3 is 2.93 bits per heavy atom. The summed E-state index contributed by atoms with van der Waals surface area (Å²) in [7, 11) is 0. The molecule has 76 valence electrons. The van der Waals surface area contributed by atoms with Gasteiger partial charge in [-0.3, -0.25) is 0 Å². The van der Waals surface area contributed by atoms with Gasteiger partial charge >= 0.3 is 6.01 Å². The van der Waals surface area contributed by atoms with Gasteiger partial charge in [-0.25, -0.2) is 9.97 Å². The molecule has 5 nitrogen and oxygen atoms in total. The zero-order valence-corrected chi connectivity index (χ0v) is 7.85. The Balaban J connectivity index is 1.88. The summed E-state index contributed by atoms with van der Waals surface area (Å²) >= 11 is 0. The molecule has 0 amide bonds. The molecule has 1 aliphatic heterocycles. The first-order valence-electron chi connectivity index (χ1n) is 4.55. The Hall–Kier alpha value is -1.20. The molecule has 0 aromatic carbocycles. The largest absolute Gasteiger partial charge is 0.461 e. The summed E-state index contributed by atoms with van der Waals surface area (Å²) in [5, 5.41) is 0. The fraction of sp³-hybridized carbons (Fsp3) is 0.556. The predicted octanol–water partition coefficient (Wildman–Crippen LogP) is -0.0268. The lowest BCUT2D eigenvalue weighted by Crippen LogP contribution is -2.46. The Morgan fingerprint density at radius 1 is 1.50 bits per heavy atom. The molecular formula is C9H13N3O2. The first-order valence-corrected chi connectivity index (χ1v) is 4.55. The van der Waals surface area contributed by atoms with Crippen LogP contribution in [0.15, 0.2) is 18.5 Å². The minimum Gasteiger partial charge on any atom is -0.461 e. The highest BCUT2D eigenvalue weighted by Gasteiger charge is 2.31. The number of rotatable bonds is 3. The van der Waals surface area contributed by atoms with Gasteiger partial charge in [-0.15, -0.1) is 0 Å². The van der Waals surface area contributed by atoms with Gasteiger partial charge in [-0.1, -0.05) is 0 Å². The molecule has 0 aliphatic carbocycles. The molecule has 2 N–H and O–H groups in total. The van der Waals surface area contributed by atoms with Crippen molar-refractivity contribution in [3.63, 3.8) is 0 Å². The van der Waals surface area contributed by atoms with Crippen LogP contribution in [0.25, 0.3) is 0 Å². The Bertz CT molecular complexity index is 285. The summed E-state index contributed by atoms with van der Waals surface area (Å²) < 4.78 is 10.6. The quantitative estimate of drug-likeness (QED) is 0.733. The van der Waals surface area contributed by atoms with Crippen molar-refractivity contribution in [2.75, 3.05) is 19.8 Å². The molecule has 1 aromatic heterocycles. The van der Waals surface area contributed by atoms with Crippen molar-refractivity contribution >= 4 is 0 Å². The van der Waals surface area contributed by atoms with Crippen molar-refractivity contribution in [3.8, 4) is 6.01 Å². The lowest BCUT2D eigenvalue weighted by atomic mass is 10.0. The number of nitrogens with two attached hydrogens (primary N) is 1. The van der Waals surface area contributed by atoms with E-state index in [1.54, 1.807) is 18.5 Å². The Kier molecular flexibility index (Phi) is 2.60. The average molecular weight is 195 g/mol. The maximum atomic E-state index is 6.00. The number of ether oxygens (including phenoxy) is 2. The smallest absolute Gasteiger partial charge is 0.316 e. The van der Waals surface area contributed by atoms with E-state index in [4.69, 9.17) is 15.2 Å². The zero-order chi connectivity index (χ0) is 9.86. The van der Waals surface area contributed by atoms with Crippen molar-refractivity contribution in [3.05, 3.63) is 18.5 Å². The first-order chi connectivity index (χ1) is 6.79. The second-order valence-electron chi connectivity index (χ2n) is 3.48. The minimum atomic E-state index is -0.376. The standard InChI is InChI=1S/C9H13N3O2/c10-9(2-5-13-6-9)7-14-8-11-3-1-4-12-8/h1,3-4H,2,5-7,10H2. The van der Waals surface area contributed by atoms with Crippen LogP contribution in [0.4, 0.5) is 0 Å². The molecule has 5 heteroatoms. The van der Waals surface area contributed by atoms with Gasteiger partial charge in [0.1, 0.15) is 6.61 Å². The number of hydrogen-bond acceptors (Lipinski definition) is 5. The summed E-state index contributed by atoms with van der Waals surface area (Å²) in [4.78, 5) is 7.88. The normalized spacial score (nSPS) is 26.4. The van der Waals surface area contributed by atoms with E-state index in [0.29, 0.717) is 25.8 Å². The maximum Gasteiger partial charge on any atom is 0.316 e. The lowest BCUT2D eigenvalue weighted by Gasteiger charge is -2.20. The molecule has 0 spiro atoms. The lowest BCUT2D eigenvalue weighted by molar-refractivity contribution is 0.147. The number of hydrogen-bond donors (Lipinski definition) is 1. The van der Waals surface area contributed by atoms with Crippen LogP contribution < -0.4 is 10.5 Å². The van der Waals surface area contributed by atoms with Gasteiger partial charge in [0.25, 0.3) is 0 Å². The van der Waals surface area contributed by atoms with Gasteiger partial charge in [0, 0.05) is 19.0 Å². The molecule has 1 saturated heterocycles. The second kappa shape index (κ2) is 3.89. The van der Waals surface area contributed by atoms with Crippen LogP contribution in [-0.2, 0) is 4.74 Å². The minimum absolute atomic E-state index is 0.365. The third-order valence-electron chi connectivity index (χ3n) is 2.16. The molecular weight excluding hydrogens is 182 g/mol. The van der Waals surface area contributed by atoms with E-state index >= 15 is 0 Å². The van der Waals surface area contributed by atoms with Gasteiger partial charge in [0.15, 0.2) is 0 Å². The van der Waals surface area contributed by atoms with Gasteiger partial charge < -0.3 is 15.2 Å². The molecule has 1 unspecified atom stereocenters. The molecule has 0 radical (unpaired) electrons. The molecule has 1 aliphatic rings. The summed E-state index contributed by atoms with van der Waals surface area (Å²) in [5.74, 6) is 0. The van der Waals surface area contributed by atoms with E-state index in [2.05, 4.69) is 9.97 Å². The van der Waals surface area contributed by atoms with Crippen LogP contribution in [0.3, 0.4) is 0 Å². The van der Waals surface area contributed by atoms with Crippen molar-refractivity contribution in [1.29, 1.82) is 0 Å². The van der Waals surface area contributed by atoms with E-state index in [0.717, 1.165) is 6.42 Å². The predicted molar refractivity (Wildman–Crippen MR) is 49.9 cm³/mol. The van der Waals surface area contributed by atoms with Crippen LogP contribution in [0.2, 0.25) is 0 Å². The molecule has 0 bridgehead atoms. The third kappa shape index (κ3) is 2.18. The van der Waals surface area contributed by atoms with E-state index in [-0.39, 0.29) is 5.54 Å². The van der Waals surface area contributed by atoms with Gasteiger partial charge in [0.05, 0.1) is 12.1 Å². The summed E-state index contributed by atoms with van der Waals surface area (Å²) in [5.41, 5.74) is 5.63. The average Bonchev–Trinajstić information content (AvgIpc) is 2.65. The van der Waals surface area contributed by atoms with Gasteiger partial charge in [0.2, 0.25) is 0 Å². The van der Waals surface area contributed by atoms with Crippen molar-refractivity contribution in [2.45, 2.75) is 12.0 Å². The second-order valence-corrected chi connectivity index (χ2v) is 3.48. The van der Waals surface area contributed by atoms with Gasteiger partial charge in [-0.05, 0) is 12.5 Å². The maximum absolute atomic E-state index is 6.00. The van der Waals surface area contributed by atoms with Crippen molar-refractivity contribution in [2.24, 2.45) is 5.73 Å². The van der Waals surface area contributed by atoms with Crippen LogP contribution >= 0.6 is 0 Å². The van der Waals surface area contributed by atoms with Gasteiger partial charge in [-0.2, -0.15) is 0 Å². The number of nitrogens with zero attached hydrogens (tertiary/aromatic N) is 2. The highest BCUT2D eigenvalue weighted by atomic mass is 16.5. The van der Waals surface area contributed by atoms with E-state index in [1.807, 2.05) is 0 Å². The van der Waals surface area contributed by atoms with Crippen LogP contribution in [-0.4, -0.2) is 35.3 Å². The van der Waals surface area contributed by atoms with Crippen molar-refractivity contribution < 1.29 is 9.47 Å². The molecule has 1 aromatic rings. The van der Waals surface area contributed by atoms with E-state index in [1.165, 1.54) is 0 Å². The van der Waals surface area contributed by atoms with E-state index < -0.39 is 0 Å². The fourth-order valence-electron chi connectivity index (χ4n) is 1.31. The Labute approximate surface area is 82.3 Å². The monoisotopic (exact) mass is 195 g/mol. The molecule has 2 heterocycles. The summed E-state index contributed by atoms with van der Waals surface area (Å²) in [6.07, 6.45) is 4.09. The van der Waals surface area contributed by atoms with Crippen molar-refractivity contribution in [1.82, 2.24) is 9.97 Å². The van der Waals surface area contributed by atoms with Crippen LogP contribution in [0.5, 0.6) is 6.01 Å². The highest BCUT2D eigenvalue weighted by molar-refractivity contribution is 4.96. The molecule has 2 rings (SSSR count). The number of aromatic nitrogens is 2. The summed E-state index contributed by atoms with van der Waals surface area (Å²) in [6.45, 7) is 1.65. The van der Waals surface area contributed by atoms with Crippen LogP contribution in [0.1, 0.15) is 6.42 Å². The first kappa shape index (κ1) is 9.36. The molecule has 14 heavy (non-hydrogen) atoms. The van der Waals surface area contributed by atoms with Crippen LogP contribution in [0, 0.1) is 0 Å². The zero-order valence-electron chi connectivity index (χ0n) is 7.85. The molecule has 1 atom stereocenters. The highest BCUT2D eigenvalue weighted by Crippen LogP contribution is 2.16. The van der Waals surface area contributed by atoms with E-state index in [9.17, 15) is 0 Å². The summed E-state index contributed by atoms with van der Waals surface area (Å²) in [6, 6.07) is 2.10. The fourth-order valence-corrected chi connectivity index (χ4v) is 1.31. The molecule has 1 fully saturated rings. The SMILES string of the molecule is NC1(COc2ncccn2)CCOC1.